The standard InChI is InChI=1S/C12H20N2O2/c13-12-4-2-1-3-9-5-14(7-11(9)12)6-10(16)8-15/h5,7,10,12,15-16H,1-4,6,8,13H2. The van der Waals surface area contributed by atoms with E-state index in [1.165, 1.54) is 24.0 Å². The molecule has 1 aliphatic carbocycles. The summed E-state index contributed by atoms with van der Waals surface area (Å²) in [6.45, 7) is 0.241. The number of hydrogen-bond acceptors (Lipinski definition) is 3. The summed E-state index contributed by atoms with van der Waals surface area (Å²) in [5, 5.41) is 18.2. The van der Waals surface area contributed by atoms with Gasteiger partial charge in [0.1, 0.15) is 0 Å². The molecule has 0 fully saturated rings. The van der Waals surface area contributed by atoms with Gasteiger partial charge in [-0.15, -0.1) is 0 Å². The number of rotatable bonds is 3. The zero-order chi connectivity index (χ0) is 11.5. The monoisotopic (exact) mass is 224 g/mol. The Labute approximate surface area is 95.7 Å². The summed E-state index contributed by atoms with van der Waals surface area (Å²) in [6, 6.07) is 0.130. The molecule has 1 aliphatic rings. The largest absolute Gasteiger partial charge is 0.394 e. The Balaban J connectivity index is 2.15. The second-order valence-corrected chi connectivity index (χ2v) is 4.62. The molecule has 1 aromatic rings. The molecule has 0 aromatic carbocycles. The van der Waals surface area contributed by atoms with Crippen LogP contribution in [0.2, 0.25) is 0 Å². The average Bonchev–Trinajstić information content (AvgIpc) is 2.59. The first-order chi connectivity index (χ1) is 7.70. The van der Waals surface area contributed by atoms with Gasteiger partial charge in [0, 0.05) is 18.4 Å². The van der Waals surface area contributed by atoms with E-state index in [9.17, 15) is 5.11 Å². The lowest BCUT2D eigenvalue weighted by molar-refractivity contribution is 0.0812. The van der Waals surface area contributed by atoms with Crippen LogP contribution < -0.4 is 5.73 Å². The number of aromatic nitrogens is 1. The fourth-order valence-corrected chi connectivity index (χ4v) is 2.36. The van der Waals surface area contributed by atoms with E-state index in [1.807, 2.05) is 10.8 Å². The van der Waals surface area contributed by atoms with Crippen molar-refractivity contribution in [2.75, 3.05) is 6.61 Å². The number of fused-ring (bicyclic) bond motifs is 1. The molecule has 16 heavy (non-hydrogen) atoms. The highest BCUT2D eigenvalue weighted by Crippen LogP contribution is 2.27. The molecule has 4 heteroatoms. The summed E-state index contributed by atoms with van der Waals surface area (Å²) in [7, 11) is 0. The van der Waals surface area contributed by atoms with Gasteiger partial charge in [-0.1, -0.05) is 6.42 Å². The van der Waals surface area contributed by atoms with E-state index < -0.39 is 6.10 Å². The molecule has 0 spiro atoms. The maximum atomic E-state index is 9.39. The van der Waals surface area contributed by atoms with Gasteiger partial charge in [-0.2, -0.15) is 0 Å². The van der Waals surface area contributed by atoms with Gasteiger partial charge >= 0.3 is 0 Å². The quantitative estimate of drug-likeness (QED) is 0.657. The van der Waals surface area contributed by atoms with E-state index in [0.717, 1.165) is 12.8 Å². The maximum absolute atomic E-state index is 9.39. The van der Waals surface area contributed by atoms with E-state index in [2.05, 4.69) is 6.20 Å². The SMILES string of the molecule is NC1CCCCc2cn(CC(O)CO)cc21. The lowest BCUT2D eigenvalue weighted by Crippen LogP contribution is -2.19. The number of nitrogens with zero attached hydrogens (tertiary/aromatic N) is 1. The van der Waals surface area contributed by atoms with E-state index >= 15 is 0 Å². The summed E-state index contributed by atoms with van der Waals surface area (Å²) in [6.07, 6.45) is 7.88. The summed E-state index contributed by atoms with van der Waals surface area (Å²) in [4.78, 5) is 0. The lowest BCUT2D eigenvalue weighted by atomic mass is 10.1. The minimum Gasteiger partial charge on any atom is -0.394 e. The third kappa shape index (κ3) is 2.45. The van der Waals surface area contributed by atoms with Crippen LogP contribution in [0.4, 0.5) is 0 Å². The Morgan fingerprint density at radius 1 is 1.44 bits per heavy atom. The number of aliphatic hydroxyl groups is 2. The predicted octanol–water partition coefficient (Wildman–Crippen LogP) is 0.567. The Hall–Kier alpha value is -0.840. The Morgan fingerprint density at radius 3 is 3.00 bits per heavy atom. The van der Waals surface area contributed by atoms with Crippen molar-refractivity contribution in [3.8, 4) is 0 Å². The summed E-state index contributed by atoms with van der Waals surface area (Å²) in [5.41, 5.74) is 8.61. The third-order valence-corrected chi connectivity index (χ3v) is 3.24. The predicted molar refractivity (Wildman–Crippen MR) is 62.0 cm³/mol. The van der Waals surface area contributed by atoms with E-state index in [1.54, 1.807) is 0 Å². The van der Waals surface area contributed by atoms with Gasteiger partial charge in [-0.25, -0.2) is 0 Å². The molecule has 0 radical (unpaired) electrons. The minimum absolute atomic E-state index is 0.130. The van der Waals surface area contributed by atoms with Crippen molar-refractivity contribution in [3.05, 3.63) is 23.5 Å². The van der Waals surface area contributed by atoms with Crippen LogP contribution >= 0.6 is 0 Å². The van der Waals surface area contributed by atoms with Crippen LogP contribution in [-0.2, 0) is 13.0 Å². The fourth-order valence-electron chi connectivity index (χ4n) is 2.36. The molecular weight excluding hydrogens is 204 g/mol. The van der Waals surface area contributed by atoms with Crippen molar-refractivity contribution in [2.45, 2.75) is 44.4 Å². The first-order valence-corrected chi connectivity index (χ1v) is 5.93. The molecule has 2 rings (SSSR count). The molecule has 4 N–H and O–H groups in total. The molecule has 1 aromatic heterocycles. The van der Waals surface area contributed by atoms with Crippen LogP contribution in [0.5, 0.6) is 0 Å². The van der Waals surface area contributed by atoms with Crippen molar-refractivity contribution < 1.29 is 10.2 Å². The highest BCUT2D eigenvalue weighted by atomic mass is 16.3. The van der Waals surface area contributed by atoms with Gasteiger partial charge in [0.25, 0.3) is 0 Å². The van der Waals surface area contributed by atoms with Crippen LogP contribution in [0.1, 0.15) is 36.4 Å². The van der Waals surface area contributed by atoms with E-state index in [-0.39, 0.29) is 12.6 Å². The fraction of sp³-hybridized carbons (Fsp3) is 0.667. The molecule has 2 atom stereocenters. The molecule has 0 bridgehead atoms. The smallest absolute Gasteiger partial charge is 0.0949 e. The molecular formula is C12H20N2O2. The van der Waals surface area contributed by atoms with Gasteiger partial charge < -0.3 is 20.5 Å². The molecule has 4 nitrogen and oxygen atoms in total. The number of aryl methyl sites for hydroxylation is 1. The van der Waals surface area contributed by atoms with Crippen LogP contribution in [0.15, 0.2) is 12.4 Å². The van der Waals surface area contributed by atoms with Gasteiger partial charge in [0.15, 0.2) is 0 Å². The average molecular weight is 224 g/mol. The van der Waals surface area contributed by atoms with Crippen molar-refractivity contribution in [1.82, 2.24) is 4.57 Å². The number of nitrogens with two attached hydrogens (primary N) is 1. The van der Waals surface area contributed by atoms with Crippen molar-refractivity contribution in [1.29, 1.82) is 0 Å². The van der Waals surface area contributed by atoms with Crippen LogP contribution in [0, 0.1) is 0 Å². The van der Waals surface area contributed by atoms with E-state index in [4.69, 9.17) is 10.8 Å². The summed E-state index contributed by atoms with van der Waals surface area (Å²) >= 11 is 0. The summed E-state index contributed by atoms with van der Waals surface area (Å²) in [5.74, 6) is 0. The molecule has 1 heterocycles. The van der Waals surface area contributed by atoms with Gasteiger partial charge in [0.2, 0.25) is 0 Å². The van der Waals surface area contributed by atoms with Crippen molar-refractivity contribution >= 4 is 0 Å². The molecule has 2 unspecified atom stereocenters. The molecule has 0 aliphatic heterocycles. The number of aliphatic hydroxyl groups excluding tert-OH is 2. The lowest BCUT2D eigenvalue weighted by Gasteiger charge is -2.09. The van der Waals surface area contributed by atoms with Gasteiger partial charge in [0.05, 0.1) is 19.3 Å². The second kappa shape index (κ2) is 4.99. The maximum Gasteiger partial charge on any atom is 0.0949 e. The summed E-state index contributed by atoms with van der Waals surface area (Å²) < 4.78 is 1.94. The zero-order valence-corrected chi connectivity index (χ0v) is 9.47. The zero-order valence-electron chi connectivity index (χ0n) is 9.47. The molecule has 0 saturated heterocycles. The van der Waals surface area contributed by atoms with Gasteiger partial charge in [-0.3, -0.25) is 0 Å². The van der Waals surface area contributed by atoms with E-state index in [0.29, 0.717) is 6.54 Å². The first kappa shape index (κ1) is 11.6. The third-order valence-electron chi connectivity index (χ3n) is 3.24. The van der Waals surface area contributed by atoms with Crippen molar-refractivity contribution in [2.24, 2.45) is 5.73 Å². The Morgan fingerprint density at radius 2 is 2.25 bits per heavy atom. The Kier molecular flexibility index (Phi) is 3.63. The highest BCUT2D eigenvalue weighted by Gasteiger charge is 2.17. The minimum atomic E-state index is -0.688. The molecule has 90 valence electrons. The van der Waals surface area contributed by atoms with Crippen molar-refractivity contribution in [3.63, 3.8) is 0 Å². The molecule has 0 amide bonds. The first-order valence-electron chi connectivity index (χ1n) is 5.93. The van der Waals surface area contributed by atoms with Crippen LogP contribution in [0.3, 0.4) is 0 Å². The normalized spacial score (nSPS) is 22.6. The highest BCUT2D eigenvalue weighted by molar-refractivity contribution is 5.28. The topological polar surface area (TPSA) is 71.4 Å². The number of hydrogen-bond donors (Lipinski definition) is 3. The molecule has 0 saturated carbocycles. The van der Waals surface area contributed by atoms with Gasteiger partial charge in [-0.05, 0) is 30.4 Å². The Bertz CT molecular complexity index is 349. The van der Waals surface area contributed by atoms with Crippen LogP contribution in [-0.4, -0.2) is 27.5 Å². The second-order valence-electron chi connectivity index (χ2n) is 4.62. The van der Waals surface area contributed by atoms with Crippen LogP contribution in [0.25, 0.3) is 0 Å².